The maximum Gasteiger partial charge on any atom is 0.219 e. The van der Waals surface area contributed by atoms with E-state index in [2.05, 4.69) is 29.4 Å². The Bertz CT molecular complexity index is 746. The van der Waals surface area contributed by atoms with E-state index in [0.717, 1.165) is 27.7 Å². The second-order valence-electron chi connectivity index (χ2n) is 6.37. The van der Waals surface area contributed by atoms with Crippen molar-refractivity contribution in [1.82, 2.24) is 15.1 Å². The zero-order valence-electron chi connectivity index (χ0n) is 14.0. The van der Waals surface area contributed by atoms with Crippen LogP contribution in [0.2, 0.25) is 0 Å². The third kappa shape index (κ3) is 3.56. The summed E-state index contributed by atoms with van der Waals surface area (Å²) in [5.74, 6) is 0.0570. The van der Waals surface area contributed by atoms with Gasteiger partial charge in [-0.2, -0.15) is 0 Å². The van der Waals surface area contributed by atoms with Crippen LogP contribution in [0.15, 0.2) is 18.2 Å². The number of aromatic nitrogens is 2. The molecule has 3 rings (SSSR count). The number of halogens is 1. The fourth-order valence-electron chi connectivity index (χ4n) is 2.87. The van der Waals surface area contributed by atoms with Gasteiger partial charge < -0.3 is 10.2 Å². The highest BCUT2D eigenvalue weighted by Gasteiger charge is 2.25. The van der Waals surface area contributed by atoms with E-state index >= 15 is 0 Å². The molecule has 2 heterocycles. The number of anilines is 1. The second kappa shape index (κ2) is 6.84. The molecule has 5 nitrogen and oxygen atoms in total. The normalized spacial score (nSPS) is 17.5. The average molecular weight is 348 g/mol. The molecule has 1 aliphatic rings. The maximum atomic E-state index is 13.7. The molecule has 128 valence electrons. The molecule has 0 bridgehead atoms. The first-order chi connectivity index (χ1) is 11.4. The van der Waals surface area contributed by atoms with Crippen molar-refractivity contribution in [2.24, 2.45) is 0 Å². The summed E-state index contributed by atoms with van der Waals surface area (Å²) in [6, 6.07) is 4.77. The molecule has 0 saturated carbocycles. The molecule has 0 saturated heterocycles. The standard InChI is InChI=1S/C17H21FN4OS/c1-10(2)16-20-21-17(24-16)19-15-6-7-22(11(3)23)9-12-8-13(18)4-5-14(12)15/h4-5,8,10,15H,6-7,9H2,1-3H3,(H,19,21). The first-order valence-electron chi connectivity index (χ1n) is 8.08. The van der Waals surface area contributed by atoms with E-state index in [1.54, 1.807) is 17.9 Å². The quantitative estimate of drug-likeness (QED) is 0.919. The maximum absolute atomic E-state index is 13.7. The van der Waals surface area contributed by atoms with E-state index in [-0.39, 0.29) is 17.8 Å². The van der Waals surface area contributed by atoms with Gasteiger partial charge in [0.25, 0.3) is 0 Å². The lowest BCUT2D eigenvalue weighted by atomic mass is 9.99. The Morgan fingerprint density at radius 2 is 2.21 bits per heavy atom. The van der Waals surface area contributed by atoms with Gasteiger partial charge in [-0.3, -0.25) is 4.79 Å². The summed E-state index contributed by atoms with van der Waals surface area (Å²) in [7, 11) is 0. The second-order valence-corrected chi connectivity index (χ2v) is 7.38. The molecule has 1 amide bonds. The van der Waals surface area contributed by atoms with Crippen LogP contribution < -0.4 is 5.32 Å². The van der Waals surface area contributed by atoms with Crippen molar-refractivity contribution in [2.75, 3.05) is 11.9 Å². The highest BCUT2D eigenvalue weighted by molar-refractivity contribution is 7.15. The van der Waals surface area contributed by atoms with Crippen molar-refractivity contribution in [3.8, 4) is 0 Å². The predicted octanol–water partition coefficient (Wildman–Crippen LogP) is 3.71. The topological polar surface area (TPSA) is 58.1 Å². The summed E-state index contributed by atoms with van der Waals surface area (Å²) >= 11 is 1.54. The van der Waals surface area contributed by atoms with Crippen LogP contribution in [0.4, 0.5) is 9.52 Å². The summed E-state index contributed by atoms with van der Waals surface area (Å²) in [5, 5.41) is 13.6. The third-order valence-electron chi connectivity index (χ3n) is 4.21. The fraction of sp³-hybridized carbons (Fsp3) is 0.471. The average Bonchev–Trinajstić information content (AvgIpc) is 2.91. The van der Waals surface area contributed by atoms with Crippen LogP contribution in [0.1, 0.15) is 55.3 Å². The lowest BCUT2D eigenvalue weighted by Gasteiger charge is -2.19. The highest BCUT2D eigenvalue weighted by Crippen LogP contribution is 2.32. The van der Waals surface area contributed by atoms with Gasteiger partial charge in [-0.15, -0.1) is 10.2 Å². The molecule has 1 aromatic carbocycles. The smallest absolute Gasteiger partial charge is 0.219 e. The minimum Gasteiger partial charge on any atom is -0.353 e. The van der Waals surface area contributed by atoms with E-state index < -0.39 is 0 Å². The monoisotopic (exact) mass is 348 g/mol. The van der Waals surface area contributed by atoms with Gasteiger partial charge in [0.1, 0.15) is 10.8 Å². The van der Waals surface area contributed by atoms with Crippen molar-refractivity contribution in [3.63, 3.8) is 0 Å². The number of hydrogen-bond donors (Lipinski definition) is 1. The summed E-state index contributed by atoms with van der Waals surface area (Å²) in [6.45, 7) is 6.77. The van der Waals surface area contributed by atoms with Crippen molar-refractivity contribution in [1.29, 1.82) is 0 Å². The summed E-state index contributed by atoms with van der Waals surface area (Å²) < 4.78 is 13.7. The molecule has 7 heteroatoms. The summed E-state index contributed by atoms with van der Waals surface area (Å²) in [4.78, 5) is 13.5. The molecular formula is C17H21FN4OS. The Hall–Kier alpha value is -2.02. The van der Waals surface area contributed by atoms with Crippen LogP contribution >= 0.6 is 11.3 Å². The first kappa shape index (κ1) is 16.8. The first-order valence-corrected chi connectivity index (χ1v) is 8.89. The number of nitrogens with zero attached hydrogens (tertiary/aromatic N) is 3. The number of benzene rings is 1. The van der Waals surface area contributed by atoms with Gasteiger partial charge >= 0.3 is 0 Å². The fourth-order valence-corrected chi connectivity index (χ4v) is 3.67. The highest BCUT2D eigenvalue weighted by atomic mass is 32.1. The number of amides is 1. The van der Waals surface area contributed by atoms with Gasteiger partial charge in [0.2, 0.25) is 11.0 Å². The van der Waals surface area contributed by atoms with Gasteiger partial charge in [0.05, 0.1) is 6.04 Å². The summed E-state index contributed by atoms with van der Waals surface area (Å²) in [5.41, 5.74) is 1.86. The molecule has 0 aliphatic carbocycles. The Morgan fingerprint density at radius 3 is 2.88 bits per heavy atom. The number of rotatable bonds is 3. The minimum atomic E-state index is -0.282. The van der Waals surface area contributed by atoms with Gasteiger partial charge in [0.15, 0.2) is 0 Å². The van der Waals surface area contributed by atoms with Crippen LogP contribution in [0.3, 0.4) is 0 Å². The molecular weight excluding hydrogens is 327 g/mol. The van der Waals surface area contributed by atoms with E-state index in [4.69, 9.17) is 0 Å². The molecule has 1 aliphatic heterocycles. The Kier molecular flexibility index (Phi) is 4.80. The van der Waals surface area contributed by atoms with Gasteiger partial charge in [-0.05, 0) is 29.7 Å². The zero-order valence-corrected chi connectivity index (χ0v) is 14.9. The predicted molar refractivity (Wildman–Crippen MR) is 92.5 cm³/mol. The number of fused-ring (bicyclic) bond motifs is 1. The zero-order chi connectivity index (χ0) is 17.3. The van der Waals surface area contributed by atoms with Crippen molar-refractivity contribution >= 4 is 22.4 Å². The Morgan fingerprint density at radius 1 is 1.42 bits per heavy atom. The number of nitrogens with one attached hydrogen (secondary N) is 1. The van der Waals surface area contributed by atoms with Gasteiger partial charge in [0, 0.05) is 25.9 Å². The lowest BCUT2D eigenvalue weighted by Crippen LogP contribution is -2.28. The van der Waals surface area contributed by atoms with Crippen molar-refractivity contribution in [2.45, 2.75) is 45.7 Å². The molecule has 1 N–H and O–H groups in total. The van der Waals surface area contributed by atoms with E-state index in [1.807, 2.05) is 0 Å². The molecule has 1 atom stereocenters. The molecule has 24 heavy (non-hydrogen) atoms. The number of carbonyl (C=O) groups excluding carboxylic acids is 1. The SMILES string of the molecule is CC(=O)N1CCC(Nc2nnc(C(C)C)s2)c2ccc(F)cc2C1. The summed E-state index contributed by atoms with van der Waals surface area (Å²) in [6.07, 6.45) is 0.745. The molecule has 1 unspecified atom stereocenters. The molecule has 0 fully saturated rings. The minimum absolute atomic E-state index is 0.00358. The van der Waals surface area contributed by atoms with Gasteiger partial charge in [-0.25, -0.2) is 4.39 Å². The Balaban J connectivity index is 1.88. The van der Waals surface area contributed by atoms with Crippen molar-refractivity contribution < 1.29 is 9.18 Å². The van der Waals surface area contributed by atoms with Gasteiger partial charge in [-0.1, -0.05) is 31.3 Å². The third-order valence-corrected chi connectivity index (χ3v) is 5.36. The largest absolute Gasteiger partial charge is 0.353 e. The van der Waals surface area contributed by atoms with E-state index in [9.17, 15) is 9.18 Å². The molecule has 1 aromatic heterocycles. The molecule has 0 spiro atoms. The van der Waals surface area contributed by atoms with Crippen LogP contribution in [0.25, 0.3) is 0 Å². The lowest BCUT2D eigenvalue weighted by molar-refractivity contribution is -0.129. The number of hydrogen-bond acceptors (Lipinski definition) is 5. The van der Waals surface area contributed by atoms with Crippen molar-refractivity contribution in [3.05, 3.63) is 40.2 Å². The van der Waals surface area contributed by atoms with E-state index in [1.165, 1.54) is 23.5 Å². The van der Waals surface area contributed by atoms with E-state index in [0.29, 0.717) is 19.0 Å². The van der Waals surface area contributed by atoms with Crippen LogP contribution in [0.5, 0.6) is 0 Å². The molecule has 2 aromatic rings. The van der Waals surface area contributed by atoms with Crippen LogP contribution in [-0.4, -0.2) is 27.5 Å². The van der Waals surface area contributed by atoms with Crippen LogP contribution in [0, 0.1) is 5.82 Å². The molecule has 0 radical (unpaired) electrons. The Labute approximate surface area is 144 Å². The van der Waals surface area contributed by atoms with Crippen LogP contribution in [-0.2, 0) is 11.3 Å². The number of carbonyl (C=O) groups is 1.